The highest BCUT2D eigenvalue weighted by Crippen LogP contribution is 2.30. The minimum Gasteiger partial charge on any atom is -0.490 e. The smallest absolute Gasteiger partial charge is 0.255 e. The molecule has 1 fully saturated rings. The van der Waals surface area contributed by atoms with Gasteiger partial charge in [-0.2, -0.15) is 0 Å². The van der Waals surface area contributed by atoms with Gasteiger partial charge in [0, 0.05) is 42.3 Å². The molecule has 2 heterocycles. The quantitative estimate of drug-likeness (QED) is 0.487. The summed E-state index contributed by atoms with van der Waals surface area (Å²) in [6.07, 6.45) is 3.47. The largest absolute Gasteiger partial charge is 0.490 e. The SMILES string of the molecule is CCOc1cc(C(=O)Nc2ccc(N3CC(C)OC(C)C3)c(F)c2)ccc1OCc1cccnc1. The molecule has 1 aliphatic rings. The minimum absolute atomic E-state index is 0.0216. The molecule has 35 heavy (non-hydrogen) atoms. The van der Waals surface area contributed by atoms with Gasteiger partial charge in [-0.15, -0.1) is 0 Å². The summed E-state index contributed by atoms with van der Waals surface area (Å²) in [6.45, 7) is 7.77. The van der Waals surface area contributed by atoms with Crippen molar-refractivity contribution >= 4 is 17.3 Å². The van der Waals surface area contributed by atoms with Crippen LogP contribution in [0.15, 0.2) is 60.9 Å². The third-order valence-electron chi connectivity index (χ3n) is 5.59. The van der Waals surface area contributed by atoms with Crippen LogP contribution >= 0.6 is 0 Å². The molecular weight excluding hydrogens is 449 g/mol. The lowest BCUT2D eigenvalue weighted by atomic mass is 10.1. The van der Waals surface area contributed by atoms with E-state index in [4.69, 9.17) is 14.2 Å². The van der Waals surface area contributed by atoms with Gasteiger partial charge in [0.1, 0.15) is 12.4 Å². The molecule has 0 aliphatic carbocycles. The molecule has 1 saturated heterocycles. The third-order valence-corrected chi connectivity index (χ3v) is 5.59. The number of ether oxygens (including phenoxy) is 3. The van der Waals surface area contributed by atoms with Gasteiger partial charge in [0.05, 0.1) is 24.5 Å². The highest BCUT2D eigenvalue weighted by molar-refractivity contribution is 6.04. The Morgan fingerprint density at radius 3 is 2.60 bits per heavy atom. The predicted octanol–water partition coefficient (Wildman–Crippen LogP) is 5.06. The third kappa shape index (κ3) is 6.27. The standard InChI is InChI=1S/C27H30FN3O4/c1-4-33-26-12-21(7-10-25(26)34-17-20-6-5-11-29-14-20)27(32)30-22-8-9-24(23(28)13-22)31-15-18(2)35-19(3)16-31/h5-14,18-19H,4,15-17H2,1-3H3,(H,30,32). The second-order valence-corrected chi connectivity index (χ2v) is 8.53. The molecule has 7 nitrogen and oxygen atoms in total. The van der Waals surface area contributed by atoms with Crippen LogP contribution in [-0.2, 0) is 11.3 Å². The first kappa shape index (κ1) is 24.5. The van der Waals surface area contributed by atoms with Gasteiger partial charge in [0.2, 0.25) is 0 Å². The molecule has 2 unspecified atom stereocenters. The van der Waals surface area contributed by atoms with E-state index in [1.807, 2.05) is 37.8 Å². The zero-order valence-corrected chi connectivity index (χ0v) is 20.2. The number of hydrogen-bond acceptors (Lipinski definition) is 6. The monoisotopic (exact) mass is 479 g/mol. The van der Waals surface area contributed by atoms with Crippen molar-refractivity contribution < 1.29 is 23.4 Å². The molecular formula is C27H30FN3O4. The van der Waals surface area contributed by atoms with E-state index in [1.165, 1.54) is 6.07 Å². The Labute approximate surface area is 204 Å². The lowest BCUT2D eigenvalue weighted by Gasteiger charge is -2.37. The van der Waals surface area contributed by atoms with Gasteiger partial charge in [0.15, 0.2) is 11.5 Å². The van der Waals surface area contributed by atoms with Gasteiger partial charge in [-0.25, -0.2) is 4.39 Å². The van der Waals surface area contributed by atoms with Gasteiger partial charge in [-0.1, -0.05) is 6.07 Å². The summed E-state index contributed by atoms with van der Waals surface area (Å²) >= 11 is 0. The number of pyridine rings is 1. The zero-order chi connectivity index (χ0) is 24.8. The van der Waals surface area contributed by atoms with Crippen LogP contribution in [-0.4, -0.2) is 42.8 Å². The number of halogens is 1. The Bertz CT molecular complexity index is 1150. The summed E-state index contributed by atoms with van der Waals surface area (Å²) in [6, 6.07) is 13.5. The van der Waals surface area contributed by atoms with Crippen molar-refractivity contribution in [3.8, 4) is 11.5 Å². The van der Waals surface area contributed by atoms with E-state index >= 15 is 0 Å². The molecule has 1 aromatic heterocycles. The second-order valence-electron chi connectivity index (χ2n) is 8.53. The Kier molecular flexibility index (Phi) is 7.82. The van der Waals surface area contributed by atoms with Gasteiger partial charge < -0.3 is 24.4 Å². The molecule has 0 spiro atoms. The minimum atomic E-state index is -0.391. The maximum Gasteiger partial charge on any atom is 0.255 e. The number of anilines is 2. The molecule has 8 heteroatoms. The number of amides is 1. The van der Waals surface area contributed by atoms with E-state index in [2.05, 4.69) is 10.3 Å². The number of hydrogen-bond donors (Lipinski definition) is 1. The van der Waals surface area contributed by atoms with Gasteiger partial charge >= 0.3 is 0 Å². The highest BCUT2D eigenvalue weighted by atomic mass is 19.1. The first-order valence-electron chi connectivity index (χ1n) is 11.7. The van der Waals surface area contributed by atoms with Crippen LogP contribution < -0.4 is 19.7 Å². The van der Waals surface area contributed by atoms with Crippen LogP contribution in [0.2, 0.25) is 0 Å². The Morgan fingerprint density at radius 2 is 1.91 bits per heavy atom. The van der Waals surface area contributed by atoms with E-state index < -0.39 is 5.82 Å². The molecule has 2 atom stereocenters. The topological polar surface area (TPSA) is 72.9 Å². The van der Waals surface area contributed by atoms with Crippen molar-refractivity contribution in [1.29, 1.82) is 0 Å². The Hall–Kier alpha value is -3.65. The molecule has 4 rings (SSSR count). The van der Waals surface area contributed by atoms with Crippen LogP contribution in [0.4, 0.5) is 15.8 Å². The lowest BCUT2D eigenvalue weighted by Crippen LogP contribution is -2.45. The predicted molar refractivity (Wildman–Crippen MR) is 133 cm³/mol. The van der Waals surface area contributed by atoms with Crippen LogP contribution in [0.25, 0.3) is 0 Å². The van der Waals surface area contributed by atoms with Crippen LogP contribution in [0, 0.1) is 5.82 Å². The summed E-state index contributed by atoms with van der Waals surface area (Å²) in [5.74, 6) is 0.224. The van der Waals surface area contributed by atoms with Gasteiger partial charge in [-0.3, -0.25) is 9.78 Å². The second kappa shape index (κ2) is 11.2. The number of nitrogens with one attached hydrogen (secondary N) is 1. The van der Waals surface area contributed by atoms with E-state index in [0.717, 1.165) is 5.56 Å². The number of carbonyl (C=O) groups excluding carboxylic acids is 1. The molecule has 184 valence electrons. The average Bonchev–Trinajstić information content (AvgIpc) is 2.83. The van der Waals surface area contributed by atoms with E-state index in [-0.39, 0.29) is 18.1 Å². The van der Waals surface area contributed by atoms with Crippen molar-refractivity contribution in [3.05, 3.63) is 77.9 Å². The molecule has 2 aromatic carbocycles. The fourth-order valence-electron chi connectivity index (χ4n) is 4.10. The number of morpholine rings is 1. The number of benzene rings is 2. The van der Waals surface area contributed by atoms with Crippen LogP contribution in [0.1, 0.15) is 36.7 Å². The molecule has 3 aromatic rings. The summed E-state index contributed by atoms with van der Waals surface area (Å²) in [5, 5.41) is 2.77. The first-order valence-corrected chi connectivity index (χ1v) is 11.7. The molecule has 1 aliphatic heterocycles. The fraction of sp³-hybridized carbons (Fsp3) is 0.333. The first-order chi connectivity index (χ1) is 16.9. The number of aromatic nitrogens is 1. The lowest BCUT2D eigenvalue weighted by molar-refractivity contribution is -0.00539. The average molecular weight is 480 g/mol. The summed E-state index contributed by atoms with van der Waals surface area (Å²) in [5.41, 5.74) is 2.17. The molecule has 0 saturated carbocycles. The number of carbonyl (C=O) groups is 1. The maximum atomic E-state index is 14.9. The molecule has 1 amide bonds. The molecule has 0 bridgehead atoms. The molecule has 1 N–H and O–H groups in total. The number of rotatable bonds is 8. The Morgan fingerprint density at radius 1 is 1.11 bits per heavy atom. The normalized spacial score (nSPS) is 17.7. The van der Waals surface area contributed by atoms with E-state index in [0.29, 0.717) is 54.7 Å². The zero-order valence-electron chi connectivity index (χ0n) is 20.2. The molecule has 0 radical (unpaired) electrons. The number of nitrogens with zero attached hydrogens (tertiary/aromatic N) is 2. The summed E-state index contributed by atoms with van der Waals surface area (Å²) in [7, 11) is 0. The van der Waals surface area contributed by atoms with Gasteiger partial charge in [0.25, 0.3) is 5.91 Å². The van der Waals surface area contributed by atoms with Crippen molar-refractivity contribution in [2.45, 2.75) is 39.6 Å². The summed E-state index contributed by atoms with van der Waals surface area (Å²) < 4.78 is 32.2. The van der Waals surface area contributed by atoms with Crippen molar-refractivity contribution in [3.63, 3.8) is 0 Å². The van der Waals surface area contributed by atoms with Crippen molar-refractivity contribution in [2.24, 2.45) is 0 Å². The van der Waals surface area contributed by atoms with Crippen molar-refractivity contribution in [1.82, 2.24) is 4.98 Å². The van der Waals surface area contributed by atoms with Crippen molar-refractivity contribution in [2.75, 3.05) is 29.9 Å². The highest BCUT2D eigenvalue weighted by Gasteiger charge is 2.24. The van der Waals surface area contributed by atoms with E-state index in [1.54, 1.807) is 42.7 Å². The maximum absolute atomic E-state index is 14.9. The van der Waals surface area contributed by atoms with E-state index in [9.17, 15) is 9.18 Å². The van der Waals surface area contributed by atoms with Crippen LogP contribution in [0.3, 0.4) is 0 Å². The fourth-order valence-corrected chi connectivity index (χ4v) is 4.10. The van der Waals surface area contributed by atoms with Crippen LogP contribution in [0.5, 0.6) is 11.5 Å². The summed E-state index contributed by atoms with van der Waals surface area (Å²) in [4.78, 5) is 18.9. The Balaban J connectivity index is 1.45. The van der Waals surface area contributed by atoms with Gasteiger partial charge in [-0.05, 0) is 63.2 Å².